The number of hydrogen-bond donors (Lipinski definition) is 1. The van der Waals surface area contributed by atoms with Gasteiger partial charge in [0, 0.05) is 23.4 Å². The third-order valence-corrected chi connectivity index (χ3v) is 5.75. The molecule has 0 spiro atoms. The van der Waals surface area contributed by atoms with Gasteiger partial charge in [-0.15, -0.1) is 0 Å². The van der Waals surface area contributed by atoms with Crippen molar-refractivity contribution in [1.82, 2.24) is 4.57 Å². The largest absolute Gasteiger partial charge is 0.481 e. The summed E-state index contributed by atoms with van der Waals surface area (Å²) in [6.45, 7) is 6.81. The standard InChI is InChI=1S/C30H31NO2/c1-30(2,3)21-28-26(23-12-6-4-7-13-23)20-27(24-14-8-5-9-15-24)31(28)25-16-10-11-22(19-25)17-18-29(32)33/h4-16,19-20H,17-18,21H2,1-3H3,(H,32,33). The molecule has 3 nitrogen and oxygen atoms in total. The van der Waals surface area contributed by atoms with Gasteiger partial charge < -0.3 is 9.67 Å². The van der Waals surface area contributed by atoms with Gasteiger partial charge in [0.2, 0.25) is 0 Å². The van der Waals surface area contributed by atoms with E-state index in [2.05, 4.69) is 92.1 Å². The van der Waals surface area contributed by atoms with Crippen molar-refractivity contribution in [2.45, 2.75) is 40.0 Å². The van der Waals surface area contributed by atoms with Crippen LogP contribution >= 0.6 is 0 Å². The van der Waals surface area contributed by atoms with Crippen LogP contribution in [0.25, 0.3) is 28.1 Å². The van der Waals surface area contributed by atoms with E-state index < -0.39 is 5.97 Å². The number of hydrogen-bond acceptors (Lipinski definition) is 1. The maximum absolute atomic E-state index is 11.1. The Bertz CT molecular complexity index is 1230. The lowest BCUT2D eigenvalue weighted by Gasteiger charge is -2.23. The van der Waals surface area contributed by atoms with E-state index in [-0.39, 0.29) is 11.8 Å². The van der Waals surface area contributed by atoms with Gasteiger partial charge in [0.05, 0.1) is 5.69 Å². The Kier molecular flexibility index (Phi) is 6.50. The van der Waals surface area contributed by atoms with Crippen LogP contribution in [0.1, 0.15) is 38.4 Å². The molecule has 1 aromatic heterocycles. The number of carboxylic acids is 1. The molecule has 4 rings (SSSR count). The second-order valence-electron chi connectivity index (χ2n) is 9.76. The highest BCUT2D eigenvalue weighted by Gasteiger charge is 2.23. The third-order valence-electron chi connectivity index (χ3n) is 5.75. The van der Waals surface area contributed by atoms with Crippen LogP contribution in [0, 0.1) is 5.41 Å². The molecule has 3 heteroatoms. The lowest BCUT2D eigenvalue weighted by molar-refractivity contribution is -0.136. The van der Waals surface area contributed by atoms with E-state index in [1.165, 1.54) is 16.8 Å². The lowest BCUT2D eigenvalue weighted by atomic mass is 9.88. The molecule has 0 unspecified atom stereocenters. The first kappa shape index (κ1) is 22.6. The molecule has 3 aromatic carbocycles. The number of rotatable bonds is 7. The number of aromatic nitrogens is 1. The maximum Gasteiger partial charge on any atom is 0.303 e. The Morgan fingerprint density at radius 3 is 2.06 bits per heavy atom. The summed E-state index contributed by atoms with van der Waals surface area (Å²) in [5.41, 5.74) is 8.20. The van der Waals surface area contributed by atoms with Crippen molar-refractivity contribution in [1.29, 1.82) is 0 Å². The van der Waals surface area contributed by atoms with Crippen molar-refractivity contribution in [3.8, 4) is 28.1 Å². The summed E-state index contributed by atoms with van der Waals surface area (Å²) in [5.74, 6) is -0.772. The summed E-state index contributed by atoms with van der Waals surface area (Å²) < 4.78 is 2.37. The van der Waals surface area contributed by atoms with Crippen molar-refractivity contribution >= 4 is 5.97 Å². The average Bonchev–Trinajstić information content (AvgIpc) is 3.16. The Labute approximate surface area is 196 Å². The zero-order valence-corrected chi connectivity index (χ0v) is 19.6. The van der Waals surface area contributed by atoms with Gasteiger partial charge in [0.15, 0.2) is 0 Å². The molecule has 1 heterocycles. The zero-order valence-electron chi connectivity index (χ0n) is 19.6. The third kappa shape index (κ3) is 5.43. The molecule has 0 aliphatic rings. The fraction of sp³-hybridized carbons (Fsp3) is 0.233. The molecule has 0 aliphatic carbocycles. The summed E-state index contributed by atoms with van der Waals surface area (Å²) in [6, 6.07) is 31.6. The van der Waals surface area contributed by atoms with Crippen molar-refractivity contribution < 1.29 is 9.90 Å². The van der Waals surface area contributed by atoms with Crippen LogP contribution in [0.3, 0.4) is 0 Å². The second-order valence-corrected chi connectivity index (χ2v) is 9.76. The van der Waals surface area contributed by atoms with E-state index in [9.17, 15) is 4.79 Å². The van der Waals surface area contributed by atoms with Crippen molar-refractivity contribution in [3.05, 3.63) is 102 Å². The van der Waals surface area contributed by atoms with Gasteiger partial charge in [0.25, 0.3) is 0 Å². The van der Waals surface area contributed by atoms with Gasteiger partial charge in [-0.2, -0.15) is 0 Å². The SMILES string of the molecule is CC(C)(C)Cc1c(-c2ccccc2)cc(-c2ccccc2)n1-c1cccc(CCC(=O)O)c1. The molecule has 33 heavy (non-hydrogen) atoms. The average molecular weight is 438 g/mol. The molecular formula is C30H31NO2. The first-order chi connectivity index (χ1) is 15.8. The summed E-state index contributed by atoms with van der Waals surface area (Å²) in [6.07, 6.45) is 1.56. The van der Waals surface area contributed by atoms with Crippen LogP contribution in [-0.4, -0.2) is 15.6 Å². The first-order valence-electron chi connectivity index (χ1n) is 11.5. The van der Waals surface area contributed by atoms with Crippen LogP contribution in [0.15, 0.2) is 91.0 Å². The molecule has 0 saturated heterocycles. The summed E-state index contributed by atoms with van der Waals surface area (Å²) in [5, 5.41) is 9.15. The van der Waals surface area contributed by atoms with Crippen LogP contribution in [0.5, 0.6) is 0 Å². The van der Waals surface area contributed by atoms with Gasteiger partial charge in [-0.3, -0.25) is 4.79 Å². The summed E-state index contributed by atoms with van der Waals surface area (Å²) in [7, 11) is 0. The predicted octanol–water partition coefficient (Wildman–Crippen LogP) is 7.42. The number of carbonyl (C=O) groups is 1. The highest BCUT2D eigenvalue weighted by molar-refractivity contribution is 5.77. The highest BCUT2D eigenvalue weighted by atomic mass is 16.4. The number of nitrogens with zero attached hydrogens (tertiary/aromatic N) is 1. The highest BCUT2D eigenvalue weighted by Crippen LogP contribution is 2.38. The van der Waals surface area contributed by atoms with E-state index in [0.717, 1.165) is 28.9 Å². The Balaban J connectivity index is 1.96. The van der Waals surface area contributed by atoms with Crippen molar-refractivity contribution in [2.75, 3.05) is 0 Å². The lowest BCUT2D eigenvalue weighted by Crippen LogP contribution is -2.14. The van der Waals surface area contributed by atoms with Gasteiger partial charge in [-0.05, 0) is 53.1 Å². The second kappa shape index (κ2) is 9.50. The van der Waals surface area contributed by atoms with Gasteiger partial charge in [-0.25, -0.2) is 0 Å². The van der Waals surface area contributed by atoms with Gasteiger partial charge in [0.1, 0.15) is 0 Å². The normalized spacial score (nSPS) is 11.5. The molecule has 0 fully saturated rings. The Morgan fingerprint density at radius 2 is 1.45 bits per heavy atom. The van der Waals surface area contributed by atoms with Gasteiger partial charge >= 0.3 is 5.97 Å². The molecule has 1 N–H and O–H groups in total. The van der Waals surface area contributed by atoms with Gasteiger partial charge in [-0.1, -0.05) is 93.6 Å². The minimum absolute atomic E-state index is 0.0918. The number of aliphatic carboxylic acids is 1. The number of aryl methyl sites for hydroxylation is 1. The van der Waals surface area contributed by atoms with E-state index in [1.54, 1.807) is 0 Å². The van der Waals surface area contributed by atoms with E-state index in [4.69, 9.17) is 5.11 Å². The molecule has 168 valence electrons. The van der Waals surface area contributed by atoms with Crippen LogP contribution < -0.4 is 0 Å². The molecule has 0 bridgehead atoms. The van der Waals surface area contributed by atoms with Crippen LogP contribution in [-0.2, 0) is 17.6 Å². The Hall–Kier alpha value is -3.59. The fourth-order valence-corrected chi connectivity index (χ4v) is 4.31. The van der Waals surface area contributed by atoms with Crippen molar-refractivity contribution in [2.24, 2.45) is 5.41 Å². The minimum atomic E-state index is -0.772. The quantitative estimate of drug-likeness (QED) is 0.327. The molecule has 4 aromatic rings. The molecule has 0 radical (unpaired) electrons. The molecule has 0 atom stereocenters. The summed E-state index contributed by atoms with van der Waals surface area (Å²) in [4.78, 5) is 11.1. The molecule has 0 saturated carbocycles. The number of benzene rings is 3. The van der Waals surface area contributed by atoms with Crippen LogP contribution in [0.4, 0.5) is 0 Å². The Morgan fingerprint density at radius 1 is 0.818 bits per heavy atom. The topological polar surface area (TPSA) is 42.2 Å². The smallest absolute Gasteiger partial charge is 0.303 e. The predicted molar refractivity (Wildman–Crippen MR) is 136 cm³/mol. The molecule has 0 aliphatic heterocycles. The monoisotopic (exact) mass is 437 g/mol. The first-order valence-corrected chi connectivity index (χ1v) is 11.5. The molecular weight excluding hydrogens is 406 g/mol. The van der Waals surface area contributed by atoms with E-state index in [1.807, 2.05) is 24.3 Å². The van der Waals surface area contributed by atoms with Crippen LogP contribution in [0.2, 0.25) is 0 Å². The number of carboxylic acid groups (broad SMARTS) is 1. The van der Waals surface area contributed by atoms with E-state index >= 15 is 0 Å². The maximum atomic E-state index is 11.1. The fourth-order valence-electron chi connectivity index (χ4n) is 4.31. The summed E-state index contributed by atoms with van der Waals surface area (Å²) >= 11 is 0. The van der Waals surface area contributed by atoms with Crippen molar-refractivity contribution in [3.63, 3.8) is 0 Å². The minimum Gasteiger partial charge on any atom is -0.481 e. The van der Waals surface area contributed by atoms with E-state index in [0.29, 0.717) is 6.42 Å². The molecule has 0 amide bonds. The zero-order chi connectivity index (χ0) is 23.4.